The first-order chi connectivity index (χ1) is 9.12. The van der Waals surface area contributed by atoms with Crippen molar-refractivity contribution in [3.05, 3.63) is 34.1 Å². The summed E-state index contributed by atoms with van der Waals surface area (Å²) >= 11 is 6.08. The summed E-state index contributed by atoms with van der Waals surface area (Å²) in [6, 6.07) is 5.65. The summed E-state index contributed by atoms with van der Waals surface area (Å²) in [5.74, 6) is 0.597. The van der Waals surface area contributed by atoms with Crippen molar-refractivity contribution in [2.24, 2.45) is 0 Å². The van der Waals surface area contributed by atoms with Crippen LogP contribution < -0.4 is 4.74 Å². The van der Waals surface area contributed by atoms with Gasteiger partial charge in [-0.25, -0.2) is 4.68 Å². The van der Waals surface area contributed by atoms with Crippen LogP contribution in [0.3, 0.4) is 0 Å². The number of hydrogen-bond acceptors (Lipinski definition) is 4. The van der Waals surface area contributed by atoms with Crippen LogP contribution in [0.1, 0.15) is 23.9 Å². The smallest absolute Gasteiger partial charge is 0.186 e. The fraction of sp³-hybridized carbons (Fsp3) is 0.308. The van der Waals surface area contributed by atoms with E-state index in [1.54, 1.807) is 17.9 Å². The van der Waals surface area contributed by atoms with E-state index in [9.17, 15) is 0 Å². The highest BCUT2D eigenvalue weighted by Gasteiger charge is 2.16. The quantitative estimate of drug-likeness (QED) is 0.864. The van der Waals surface area contributed by atoms with Crippen molar-refractivity contribution < 1.29 is 4.74 Å². The molecule has 0 aliphatic rings. The monoisotopic (exact) mass is 276 g/mol. The van der Waals surface area contributed by atoms with E-state index in [4.69, 9.17) is 21.6 Å². The molecule has 5 nitrogen and oxygen atoms in total. The molecule has 0 aliphatic heterocycles. The Morgan fingerprint density at radius 2 is 2.21 bits per heavy atom. The van der Waals surface area contributed by atoms with Crippen LogP contribution in [0.25, 0.3) is 5.69 Å². The highest BCUT2D eigenvalue weighted by atomic mass is 35.5. The van der Waals surface area contributed by atoms with Crippen LogP contribution in [-0.4, -0.2) is 22.1 Å². The van der Waals surface area contributed by atoms with E-state index < -0.39 is 0 Å². The maximum atomic E-state index is 9.02. The highest BCUT2D eigenvalue weighted by Crippen LogP contribution is 2.30. The lowest BCUT2D eigenvalue weighted by Crippen LogP contribution is -2.05. The molecule has 1 aromatic carbocycles. The van der Waals surface area contributed by atoms with E-state index in [2.05, 4.69) is 10.3 Å². The molecular formula is C13H13ClN4O. The fourth-order valence-electron chi connectivity index (χ4n) is 1.88. The summed E-state index contributed by atoms with van der Waals surface area (Å²) < 4.78 is 6.95. The number of aromatic nitrogens is 3. The van der Waals surface area contributed by atoms with E-state index >= 15 is 0 Å². The minimum Gasteiger partial charge on any atom is -0.494 e. The molecule has 19 heavy (non-hydrogen) atoms. The third kappa shape index (κ3) is 2.27. The Labute approximate surface area is 116 Å². The van der Waals surface area contributed by atoms with Gasteiger partial charge in [0.05, 0.1) is 12.8 Å². The Bertz CT molecular complexity index is 657. The van der Waals surface area contributed by atoms with Gasteiger partial charge in [0.1, 0.15) is 17.5 Å². The van der Waals surface area contributed by atoms with Gasteiger partial charge in [-0.1, -0.05) is 23.7 Å². The molecule has 0 fully saturated rings. The number of hydrogen-bond donors (Lipinski definition) is 0. The van der Waals surface area contributed by atoms with Crippen LogP contribution in [0.15, 0.2) is 12.1 Å². The molecule has 0 N–H and O–H groups in total. The molecular weight excluding hydrogens is 264 g/mol. The van der Waals surface area contributed by atoms with Crippen LogP contribution in [-0.2, 0) is 6.42 Å². The lowest BCUT2D eigenvalue weighted by molar-refractivity contribution is 0.411. The average Bonchev–Trinajstić information content (AvgIpc) is 2.83. The van der Waals surface area contributed by atoms with Crippen LogP contribution in [0.4, 0.5) is 0 Å². The molecule has 0 saturated heterocycles. The first-order valence-electron chi connectivity index (χ1n) is 5.81. The molecule has 0 radical (unpaired) electrons. The second-order valence-electron chi connectivity index (χ2n) is 4.04. The fourth-order valence-corrected chi connectivity index (χ4v) is 2.03. The predicted molar refractivity (Wildman–Crippen MR) is 71.8 cm³/mol. The summed E-state index contributed by atoms with van der Waals surface area (Å²) in [5, 5.41) is 17.5. The number of methoxy groups -OCH3 is 1. The Hall–Kier alpha value is -2.06. The summed E-state index contributed by atoms with van der Waals surface area (Å²) in [4.78, 5) is 0. The summed E-state index contributed by atoms with van der Waals surface area (Å²) in [7, 11) is 1.57. The number of rotatable bonds is 3. The number of halogens is 1. The SMILES string of the molecule is CCc1c(C#N)nnn1-c1cc(C)c(Cl)cc1OC. The van der Waals surface area contributed by atoms with Gasteiger partial charge in [-0.15, -0.1) is 5.10 Å². The van der Waals surface area contributed by atoms with Gasteiger partial charge in [0.2, 0.25) is 0 Å². The predicted octanol–water partition coefficient (Wildman–Crippen LogP) is 2.67. The van der Waals surface area contributed by atoms with Crippen molar-refractivity contribution in [1.29, 1.82) is 5.26 Å². The van der Waals surface area contributed by atoms with E-state index in [1.807, 2.05) is 26.0 Å². The summed E-state index contributed by atoms with van der Waals surface area (Å²) in [6.45, 7) is 3.85. The minimum absolute atomic E-state index is 0.331. The van der Waals surface area contributed by atoms with Crippen molar-refractivity contribution in [1.82, 2.24) is 15.0 Å². The van der Waals surface area contributed by atoms with Crippen LogP contribution in [0, 0.1) is 18.3 Å². The van der Waals surface area contributed by atoms with Gasteiger partial charge >= 0.3 is 0 Å². The standard InChI is InChI=1S/C13H13ClN4O/c1-4-11-10(7-15)16-17-18(11)12-5-8(2)9(14)6-13(12)19-3/h5-6H,4H2,1-3H3. The van der Waals surface area contributed by atoms with Gasteiger partial charge < -0.3 is 4.74 Å². The number of nitriles is 1. The Morgan fingerprint density at radius 3 is 2.79 bits per heavy atom. The molecule has 1 aromatic heterocycles. The van der Waals surface area contributed by atoms with Crippen molar-refractivity contribution in [2.75, 3.05) is 7.11 Å². The van der Waals surface area contributed by atoms with Gasteiger partial charge in [0.25, 0.3) is 0 Å². The maximum Gasteiger partial charge on any atom is 0.186 e. The normalized spacial score (nSPS) is 10.3. The van der Waals surface area contributed by atoms with Crippen LogP contribution in [0.5, 0.6) is 5.75 Å². The molecule has 0 unspecified atom stereocenters. The highest BCUT2D eigenvalue weighted by molar-refractivity contribution is 6.31. The molecule has 2 rings (SSSR count). The molecule has 98 valence electrons. The Morgan fingerprint density at radius 1 is 1.47 bits per heavy atom. The lowest BCUT2D eigenvalue weighted by atomic mass is 10.2. The molecule has 6 heteroatoms. The zero-order chi connectivity index (χ0) is 14.0. The molecule has 0 aliphatic carbocycles. The van der Waals surface area contributed by atoms with Crippen molar-refractivity contribution in [3.63, 3.8) is 0 Å². The van der Waals surface area contributed by atoms with Crippen LogP contribution >= 0.6 is 11.6 Å². The molecule has 0 spiro atoms. The first-order valence-corrected chi connectivity index (χ1v) is 6.19. The number of nitrogens with zero attached hydrogens (tertiary/aromatic N) is 4. The molecule has 0 amide bonds. The van der Waals surface area contributed by atoms with E-state index in [-0.39, 0.29) is 0 Å². The number of benzene rings is 1. The number of aryl methyl sites for hydroxylation is 1. The molecule has 0 bridgehead atoms. The minimum atomic E-state index is 0.331. The van der Waals surface area contributed by atoms with E-state index in [0.717, 1.165) is 16.9 Å². The van der Waals surface area contributed by atoms with Crippen molar-refractivity contribution >= 4 is 11.6 Å². The van der Waals surface area contributed by atoms with Crippen molar-refractivity contribution in [2.45, 2.75) is 20.3 Å². The Kier molecular flexibility index (Phi) is 3.72. The van der Waals surface area contributed by atoms with Gasteiger partial charge in [-0.2, -0.15) is 5.26 Å². The molecule has 0 saturated carbocycles. The second-order valence-corrected chi connectivity index (χ2v) is 4.44. The van der Waals surface area contributed by atoms with Gasteiger partial charge in [0, 0.05) is 11.1 Å². The van der Waals surface area contributed by atoms with Gasteiger partial charge in [-0.3, -0.25) is 0 Å². The zero-order valence-electron chi connectivity index (χ0n) is 10.9. The van der Waals surface area contributed by atoms with Crippen LogP contribution in [0.2, 0.25) is 5.02 Å². The topological polar surface area (TPSA) is 63.7 Å². The number of ether oxygens (including phenoxy) is 1. The maximum absolute atomic E-state index is 9.02. The van der Waals surface area contributed by atoms with Gasteiger partial charge in [0.15, 0.2) is 5.69 Å². The summed E-state index contributed by atoms with van der Waals surface area (Å²) in [5.41, 5.74) is 2.73. The molecule has 2 aromatic rings. The van der Waals surface area contributed by atoms with Crippen molar-refractivity contribution in [3.8, 4) is 17.5 Å². The lowest BCUT2D eigenvalue weighted by Gasteiger charge is -2.12. The van der Waals surface area contributed by atoms with Gasteiger partial charge in [-0.05, 0) is 25.0 Å². The third-order valence-corrected chi connectivity index (χ3v) is 3.30. The molecule has 0 atom stereocenters. The zero-order valence-corrected chi connectivity index (χ0v) is 11.7. The largest absolute Gasteiger partial charge is 0.494 e. The van der Waals surface area contributed by atoms with E-state index in [1.165, 1.54) is 0 Å². The third-order valence-electron chi connectivity index (χ3n) is 2.89. The Balaban J connectivity index is 2.68. The molecule has 1 heterocycles. The second kappa shape index (κ2) is 5.29. The van der Waals surface area contributed by atoms with E-state index in [0.29, 0.717) is 22.9 Å². The summed E-state index contributed by atoms with van der Waals surface area (Å²) in [6.07, 6.45) is 0.653. The average molecular weight is 277 g/mol. The first kappa shape index (κ1) is 13.4.